The number of nitrogens with zero attached hydrogens (tertiary/aromatic N) is 2. The molecule has 144 valence electrons. The van der Waals surface area contributed by atoms with Crippen LogP contribution < -0.4 is 5.32 Å². The fraction of sp³-hybridized carbons (Fsp3) is 0.556. The second-order valence-corrected chi connectivity index (χ2v) is 8.51. The molecule has 0 radical (unpaired) electrons. The molecule has 2 amide bonds. The lowest BCUT2D eigenvalue weighted by atomic mass is 10.2. The number of rotatable bonds is 4. The van der Waals surface area contributed by atoms with Gasteiger partial charge in [-0.1, -0.05) is 27.5 Å². The molecule has 1 aromatic rings. The molecule has 1 aromatic carbocycles. The van der Waals surface area contributed by atoms with Crippen molar-refractivity contribution in [1.29, 1.82) is 0 Å². The first kappa shape index (κ1) is 21.0. The fourth-order valence-corrected chi connectivity index (χ4v) is 3.14. The standard InChI is InChI=1S/C18H25BrClN3O3/c1-18(2,3)26-17(25)23-10-8-22(9-11-23)7-6-21-16(24)14-12-13(19)4-5-15(14)20/h4-5,12H,6-11H2,1-3H3,(H,21,24). The van der Waals surface area contributed by atoms with Crippen LogP contribution in [0.15, 0.2) is 22.7 Å². The van der Waals surface area contributed by atoms with Crippen molar-refractivity contribution in [2.24, 2.45) is 0 Å². The third-order valence-corrected chi connectivity index (χ3v) is 4.73. The van der Waals surface area contributed by atoms with Crippen molar-refractivity contribution >= 4 is 39.5 Å². The van der Waals surface area contributed by atoms with Crippen molar-refractivity contribution in [3.05, 3.63) is 33.3 Å². The molecule has 0 unspecified atom stereocenters. The minimum atomic E-state index is -0.480. The van der Waals surface area contributed by atoms with E-state index in [2.05, 4.69) is 26.1 Å². The highest BCUT2D eigenvalue weighted by Crippen LogP contribution is 2.20. The van der Waals surface area contributed by atoms with Crippen LogP contribution >= 0.6 is 27.5 Å². The van der Waals surface area contributed by atoms with Gasteiger partial charge in [-0.3, -0.25) is 9.69 Å². The Bertz CT molecular complexity index is 656. The third-order valence-electron chi connectivity index (χ3n) is 3.91. The molecule has 0 aromatic heterocycles. The quantitative estimate of drug-likeness (QED) is 0.770. The molecule has 0 atom stereocenters. The lowest BCUT2D eigenvalue weighted by Gasteiger charge is -2.35. The fourth-order valence-electron chi connectivity index (χ4n) is 2.57. The number of benzene rings is 1. The molecule has 1 aliphatic rings. The molecule has 1 N–H and O–H groups in total. The molecule has 0 spiro atoms. The van der Waals surface area contributed by atoms with E-state index in [1.807, 2.05) is 20.8 Å². The van der Waals surface area contributed by atoms with Gasteiger partial charge in [0, 0.05) is 43.7 Å². The van der Waals surface area contributed by atoms with Crippen molar-refractivity contribution in [2.75, 3.05) is 39.3 Å². The summed E-state index contributed by atoms with van der Waals surface area (Å²) in [5, 5.41) is 3.32. The van der Waals surface area contributed by atoms with Crippen LogP contribution in [0.2, 0.25) is 5.02 Å². The number of amides is 2. The van der Waals surface area contributed by atoms with Gasteiger partial charge in [-0.05, 0) is 39.0 Å². The average Bonchev–Trinajstić information content (AvgIpc) is 2.56. The van der Waals surface area contributed by atoms with Crippen LogP contribution in [-0.2, 0) is 4.74 Å². The molecule has 1 saturated heterocycles. The first-order chi connectivity index (χ1) is 12.2. The topological polar surface area (TPSA) is 61.9 Å². The minimum absolute atomic E-state index is 0.191. The van der Waals surface area contributed by atoms with Gasteiger partial charge in [-0.2, -0.15) is 0 Å². The zero-order valence-corrected chi connectivity index (χ0v) is 17.7. The highest BCUT2D eigenvalue weighted by molar-refractivity contribution is 9.10. The third kappa shape index (κ3) is 6.45. The molecule has 6 nitrogen and oxygen atoms in total. The smallest absolute Gasteiger partial charge is 0.410 e. The number of ether oxygens (including phenoxy) is 1. The molecule has 2 rings (SSSR count). The maximum Gasteiger partial charge on any atom is 0.410 e. The lowest BCUT2D eigenvalue weighted by Crippen LogP contribution is -2.51. The largest absolute Gasteiger partial charge is 0.444 e. The van der Waals surface area contributed by atoms with E-state index in [0.717, 1.165) is 24.1 Å². The molecule has 8 heteroatoms. The Labute approximate surface area is 167 Å². The van der Waals surface area contributed by atoms with Crippen molar-refractivity contribution in [2.45, 2.75) is 26.4 Å². The summed E-state index contributed by atoms with van der Waals surface area (Å²) in [5.41, 5.74) is -0.0255. The first-order valence-corrected chi connectivity index (χ1v) is 9.76. The molecule has 26 heavy (non-hydrogen) atoms. The summed E-state index contributed by atoms with van der Waals surface area (Å²) >= 11 is 9.41. The Hall–Kier alpha value is -1.31. The summed E-state index contributed by atoms with van der Waals surface area (Å²) in [5.74, 6) is -0.191. The maximum atomic E-state index is 12.2. The van der Waals surface area contributed by atoms with E-state index >= 15 is 0 Å². The summed E-state index contributed by atoms with van der Waals surface area (Å²) in [7, 11) is 0. The van der Waals surface area contributed by atoms with Gasteiger partial charge < -0.3 is 15.0 Å². The van der Waals surface area contributed by atoms with Gasteiger partial charge in [0.2, 0.25) is 0 Å². The number of piperazine rings is 1. The zero-order valence-electron chi connectivity index (χ0n) is 15.3. The van der Waals surface area contributed by atoms with E-state index in [1.54, 1.807) is 23.1 Å². The van der Waals surface area contributed by atoms with Crippen molar-refractivity contribution in [3.8, 4) is 0 Å². The molecule has 1 aliphatic heterocycles. The van der Waals surface area contributed by atoms with Gasteiger partial charge in [0.05, 0.1) is 10.6 Å². The molecule has 1 heterocycles. The predicted octanol–water partition coefficient (Wildman–Crippen LogP) is 3.39. The summed E-state index contributed by atoms with van der Waals surface area (Å²) in [6.07, 6.45) is -0.269. The number of carbonyl (C=O) groups is 2. The predicted molar refractivity (Wildman–Crippen MR) is 106 cm³/mol. The number of hydrogen-bond donors (Lipinski definition) is 1. The van der Waals surface area contributed by atoms with Crippen LogP contribution in [0.4, 0.5) is 4.79 Å². The average molecular weight is 447 g/mol. The first-order valence-electron chi connectivity index (χ1n) is 8.59. The lowest BCUT2D eigenvalue weighted by molar-refractivity contribution is 0.0147. The summed E-state index contributed by atoms with van der Waals surface area (Å²) in [4.78, 5) is 28.2. The summed E-state index contributed by atoms with van der Waals surface area (Å²) in [6.45, 7) is 9.60. The second-order valence-electron chi connectivity index (χ2n) is 7.19. The highest BCUT2D eigenvalue weighted by atomic mass is 79.9. The van der Waals surface area contributed by atoms with Crippen LogP contribution in [0.25, 0.3) is 0 Å². The van der Waals surface area contributed by atoms with Crippen molar-refractivity contribution in [3.63, 3.8) is 0 Å². The molecule has 0 bridgehead atoms. The number of hydrogen-bond acceptors (Lipinski definition) is 4. The Morgan fingerprint density at radius 1 is 1.23 bits per heavy atom. The Morgan fingerprint density at radius 3 is 2.50 bits per heavy atom. The highest BCUT2D eigenvalue weighted by Gasteiger charge is 2.25. The minimum Gasteiger partial charge on any atom is -0.444 e. The Kier molecular flexibility index (Phi) is 7.32. The Morgan fingerprint density at radius 2 is 1.88 bits per heavy atom. The van der Waals surface area contributed by atoms with Crippen LogP contribution in [0, 0.1) is 0 Å². The van der Waals surface area contributed by atoms with E-state index in [9.17, 15) is 9.59 Å². The van der Waals surface area contributed by atoms with E-state index in [-0.39, 0.29) is 12.0 Å². The molecule has 0 aliphatic carbocycles. The van der Waals surface area contributed by atoms with Gasteiger partial charge >= 0.3 is 6.09 Å². The summed E-state index contributed by atoms with van der Waals surface area (Å²) < 4.78 is 6.20. The van der Waals surface area contributed by atoms with Gasteiger partial charge in [0.1, 0.15) is 5.60 Å². The van der Waals surface area contributed by atoms with Crippen LogP contribution in [-0.4, -0.2) is 66.7 Å². The zero-order chi connectivity index (χ0) is 19.3. The van der Waals surface area contributed by atoms with Gasteiger partial charge in [-0.15, -0.1) is 0 Å². The van der Waals surface area contributed by atoms with Crippen molar-refractivity contribution < 1.29 is 14.3 Å². The maximum absolute atomic E-state index is 12.2. The normalized spacial score (nSPS) is 15.7. The van der Waals surface area contributed by atoms with Gasteiger partial charge in [0.15, 0.2) is 0 Å². The van der Waals surface area contributed by atoms with Gasteiger partial charge in [0.25, 0.3) is 5.91 Å². The van der Waals surface area contributed by atoms with Crippen LogP contribution in [0.5, 0.6) is 0 Å². The van der Waals surface area contributed by atoms with E-state index in [4.69, 9.17) is 16.3 Å². The van der Waals surface area contributed by atoms with Crippen molar-refractivity contribution in [1.82, 2.24) is 15.1 Å². The van der Waals surface area contributed by atoms with Gasteiger partial charge in [-0.25, -0.2) is 4.79 Å². The number of halogens is 2. The van der Waals surface area contributed by atoms with E-state index in [0.29, 0.717) is 30.2 Å². The SMILES string of the molecule is CC(C)(C)OC(=O)N1CCN(CCNC(=O)c2cc(Br)ccc2Cl)CC1. The molecular weight excluding hydrogens is 422 g/mol. The van der Waals surface area contributed by atoms with Crippen LogP contribution in [0.3, 0.4) is 0 Å². The van der Waals surface area contributed by atoms with E-state index < -0.39 is 5.60 Å². The molecular formula is C18H25BrClN3O3. The van der Waals surface area contributed by atoms with E-state index in [1.165, 1.54) is 0 Å². The second kappa shape index (κ2) is 9.06. The van der Waals surface area contributed by atoms with Crippen LogP contribution in [0.1, 0.15) is 31.1 Å². The Balaban J connectivity index is 1.73. The number of nitrogens with one attached hydrogen (secondary N) is 1. The monoisotopic (exact) mass is 445 g/mol. The molecule has 1 fully saturated rings. The number of carbonyl (C=O) groups excluding carboxylic acids is 2. The summed E-state index contributed by atoms with van der Waals surface area (Å²) in [6, 6.07) is 5.19. The molecule has 0 saturated carbocycles.